The molecule has 0 unspecified atom stereocenters. The molecule has 2 aromatic carbocycles. The second kappa shape index (κ2) is 6.88. The molecule has 3 aromatic rings. The van der Waals surface area contributed by atoms with Gasteiger partial charge in [0, 0.05) is 5.75 Å². The fraction of sp³-hybridized carbons (Fsp3) is 0.167. The second-order valence-corrected chi connectivity index (χ2v) is 6.42. The monoisotopic (exact) mass is 340 g/mol. The van der Waals surface area contributed by atoms with E-state index in [2.05, 4.69) is 11.1 Å². The number of aryl methyl sites for hydroxylation is 1. The van der Waals surface area contributed by atoms with Crippen molar-refractivity contribution in [1.29, 1.82) is 0 Å². The molecule has 24 heavy (non-hydrogen) atoms. The number of hydrogen-bond donors (Lipinski definition) is 1. The highest BCUT2D eigenvalue weighted by Gasteiger charge is 2.14. The van der Waals surface area contributed by atoms with Crippen molar-refractivity contribution in [3.05, 3.63) is 70.0 Å². The lowest BCUT2D eigenvalue weighted by molar-refractivity contribution is -0.137. The van der Waals surface area contributed by atoms with Gasteiger partial charge in [-0.1, -0.05) is 53.7 Å². The summed E-state index contributed by atoms with van der Waals surface area (Å²) in [6.45, 7) is 1.62. The molecule has 0 atom stereocenters. The Bertz CT molecular complexity index is 966. The number of benzene rings is 2. The predicted octanol–water partition coefficient (Wildman–Crippen LogP) is 3.08. The van der Waals surface area contributed by atoms with Crippen LogP contribution in [-0.4, -0.2) is 20.6 Å². The molecule has 0 bridgehead atoms. The Hall–Kier alpha value is -2.60. The van der Waals surface area contributed by atoms with E-state index in [1.165, 1.54) is 16.3 Å². The highest BCUT2D eigenvalue weighted by atomic mass is 32.2. The van der Waals surface area contributed by atoms with Gasteiger partial charge in [-0.25, -0.2) is 4.98 Å². The molecule has 0 amide bonds. The maximum atomic E-state index is 12.6. The van der Waals surface area contributed by atoms with E-state index in [-0.39, 0.29) is 5.56 Å². The molecule has 122 valence electrons. The number of fused-ring (bicyclic) bond motifs is 1. The summed E-state index contributed by atoms with van der Waals surface area (Å²) in [5, 5.41) is 9.96. The lowest BCUT2D eigenvalue weighted by Gasteiger charge is -2.11. The van der Waals surface area contributed by atoms with Gasteiger partial charge in [-0.15, -0.1) is 0 Å². The van der Waals surface area contributed by atoms with E-state index in [4.69, 9.17) is 5.11 Å². The number of hydrogen-bond acceptors (Lipinski definition) is 4. The van der Waals surface area contributed by atoms with Gasteiger partial charge in [0.15, 0.2) is 5.16 Å². The number of carboxylic acid groups (broad SMARTS) is 1. The maximum absolute atomic E-state index is 12.6. The van der Waals surface area contributed by atoms with Crippen LogP contribution in [-0.2, 0) is 17.1 Å². The van der Waals surface area contributed by atoms with E-state index in [0.29, 0.717) is 21.8 Å². The van der Waals surface area contributed by atoms with Crippen LogP contribution in [0.4, 0.5) is 0 Å². The smallest absolute Gasteiger partial charge is 0.323 e. The van der Waals surface area contributed by atoms with Crippen LogP contribution in [0.1, 0.15) is 11.1 Å². The molecular weight excluding hydrogens is 324 g/mol. The van der Waals surface area contributed by atoms with Crippen LogP contribution < -0.4 is 5.56 Å². The normalized spacial score (nSPS) is 10.9. The molecule has 6 heteroatoms. The molecule has 0 spiro atoms. The predicted molar refractivity (Wildman–Crippen MR) is 94.4 cm³/mol. The molecule has 0 fully saturated rings. The zero-order valence-electron chi connectivity index (χ0n) is 13.1. The van der Waals surface area contributed by atoms with E-state index in [1.54, 1.807) is 18.2 Å². The summed E-state index contributed by atoms with van der Waals surface area (Å²) in [6.07, 6.45) is 0. The summed E-state index contributed by atoms with van der Waals surface area (Å²) in [5.74, 6) is -0.446. The summed E-state index contributed by atoms with van der Waals surface area (Å²) in [6, 6.07) is 15.0. The quantitative estimate of drug-likeness (QED) is 0.571. The van der Waals surface area contributed by atoms with Gasteiger partial charge in [-0.2, -0.15) is 0 Å². The van der Waals surface area contributed by atoms with Gasteiger partial charge in [0.25, 0.3) is 5.56 Å². The number of aromatic nitrogens is 2. The first-order valence-corrected chi connectivity index (χ1v) is 8.43. The van der Waals surface area contributed by atoms with Gasteiger partial charge in [0.2, 0.25) is 0 Å². The molecule has 5 nitrogen and oxygen atoms in total. The van der Waals surface area contributed by atoms with Crippen LogP contribution in [0, 0.1) is 6.92 Å². The fourth-order valence-electron chi connectivity index (χ4n) is 2.48. The molecule has 1 heterocycles. The van der Waals surface area contributed by atoms with Crippen molar-refractivity contribution in [2.45, 2.75) is 24.4 Å². The average Bonchev–Trinajstić information content (AvgIpc) is 2.56. The lowest BCUT2D eigenvalue weighted by atomic mass is 10.2. The molecule has 0 aliphatic rings. The van der Waals surface area contributed by atoms with Crippen molar-refractivity contribution >= 4 is 28.6 Å². The van der Waals surface area contributed by atoms with E-state index < -0.39 is 12.5 Å². The van der Waals surface area contributed by atoms with Crippen molar-refractivity contribution in [3.8, 4) is 0 Å². The number of nitrogens with zero attached hydrogens (tertiary/aromatic N) is 2. The third-order valence-corrected chi connectivity index (χ3v) is 4.62. The first-order chi connectivity index (χ1) is 11.5. The number of thioether (sulfide) groups is 1. The first kappa shape index (κ1) is 16.3. The molecule has 1 N–H and O–H groups in total. The topological polar surface area (TPSA) is 72.2 Å². The highest BCUT2D eigenvalue weighted by Crippen LogP contribution is 2.22. The van der Waals surface area contributed by atoms with Gasteiger partial charge >= 0.3 is 5.97 Å². The number of carboxylic acids is 1. The number of rotatable bonds is 5. The summed E-state index contributed by atoms with van der Waals surface area (Å²) in [4.78, 5) is 28.2. The zero-order valence-corrected chi connectivity index (χ0v) is 13.9. The summed E-state index contributed by atoms with van der Waals surface area (Å²) in [7, 11) is 0. The Morgan fingerprint density at radius 3 is 2.75 bits per heavy atom. The first-order valence-electron chi connectivity index (χ1n) is 7.44. The highest BCUT2D eigenvalue weighted by molar-refractivity contribution is 7.98. The Morgan fingerprint density at radius 2 is 2.00 bits per heavy atom. The van der Waals surface area contributed by atoms with Crippen LogP contribution in [0.15, 0.2) is 58.5 Å². The largest absolute Gasteiger partial charge is 0.480 e. The summed E-state index contributed by atoms with van der Waals surface area (Å²) in [5.41, 5.74) is 2.51. The van der Waals surface area contributed by atoms with E-state index in [0.717, 1.165) is 11.1 Å². The van der Waals surface area contributed by atoms with Gasteiger partial charge in [-0.3, -0.25) is 14.2 Å². The molecule has 3 rings (SSSR count). The van der Waals surface area contributed by atoms with Crippen LogP contribution in [0.25, 0.3) is 10.9 Å². The Kier molecular flexibility index (Phi) is 4.66. The van der Waals surface area contributed by atoms with Crippen LogP contribution in [0.2, 0.25) is 0 Å². The molecule has 0 radical (unpaired) electrons. The Morgan fingerprint density at radius 1 is 1.21 bits per heavy atom. The third-order valence-electron chi connectivity index (χ3n) is 3.57. The second-order valence-electron chi connectivity index (χ2n) is 5.47. The SMILES string of the molecule is Cc1cccc(CSc2nc3ccccc3c(=O)n2CC(=O)O)c1. The van der Waals surface area contributed by atoms with Crippen molar-refractivity contribution in [1.82, 2.24) is 9.55 Å². The van der Waals surface area contributed by atoms with E-state index in [1.807, 2.05) is 31.2 Å². The van der Waals surface area contributed by atoms with Crippen LogP contribution >= 0.6 is 11.8 Å². The Labute approximate surface area is 143 Å². The van der Waals surface area contributed by atoms with Crippen LogP contribution in [0.3, 0.4) is 0 Å². The molecular formula is C18H16N2O3S. The number of carbonyl (C=O) groups is 1. The molecule has 0 saturated heterocycles. The number of aliphatic carboxylic acids is 1. The summed E-state index contributed by atoms with van der Waals surface area (Å²) >= 11 is 1.37. The van der Waals surface area contributed by atoms with Crippen LogP contribution in [0.5, 0.6) is 0 Å². The molecule has 0 aliphatic carbocycles. The van der Waals surface area contributed by atoms with Gasteiger partial charge in [0.05, 0.1) is 10.9 Å². The summed E-state index contributed by atoms with van der Waals surface area (Å²) < 4.78 is 1.23. The van der Waals surface area contributed by atoms with E-state index >= 15 is 0 Å². The standard InChI is InChI=1S/C18H16N2O3S/c1-12-5-4-6-13(9-12)11-24-18-19-15-8-3-2-7-14(15)17(23)20(18)10-16(21)22/h2-9H,10-11H2,1H3,(H,21,22). The minimum absolute atomic E-state index is 0.324. The number of para-hydroxylation sites is 1. The average molecular weight is 340 g/mol. The fourth-order valence-corrected chi connectivity index (χ4v) is 3.42. The molecule has 0 saturated carbocycles. The van der Waals surface area contributed by atoms with Crippen molar-refractivity contribution < 1.29 is 9.90 Å². The third kappa shape index (κ3) is 3.49. The van der Waals surface area contributed by atoms with Crippen molar-refractivity contribution in [2.24, 2.45) is 0 Å². The van der Waals surface area contributed by atoms with Gasteiger partial charge < -0.3 is 5.11 Å². The minimum Gasteiger partial charge on any atom is -0.480 e. The van der Waals surface area contributed by atoms with E-state index in [9.17, 15) is 9.59 Å². The molecule has 1 aromatic heterocycles. The van der Waals surface area contributed by atoms with Crippen molar-refractivity contribution in [3.63, 3.8) is 0 Å². The zero-order chi connectivity index (χ0) is 17.1. The minimum atomic E-state index is -1.06. The maximum Gasteiger partial charge on any atom is 0.323 e. The lowest BCUT2D eigenvalue weighted by Crippen LogP contribution is -2.26. The van der Waals surface area contributed by atoms with Gasteiger partial charge in [0.1, 0.15) is 6.54 Å². The molecule has 0 aliphatic heterocycles. The van der Waals surface area contributed by atoms with Crippen molar-refractivity contribution in [2.75, 3.05) is 0 Å². The Balaban J connectivity index is 2.01. The van der Waals surface area contributed by atoms with Gasteiger partial charge in [-0.05, 0) is 24.6 Å².